The second-order valence-corrected chi connectivity index (χ2v) is 9.70. The van der Waals surface area contributed by atoms with E-state index >= 15 is 0 Å². The molecule has 0 spiro atoms. The van der Waals surface area contributed by atoms with E-state index in [9.17, 15) is 18.0 Å². The predicted octanol–water partition coefficient (Wildman–Crippen LogP) is 6.30. The number of rotatable bonds is 6. The van der Waals surface area contributed by atoms with E-state index in [0.717, 1.165) is 19.0 Å². The van der Waals surface area contributed by atoms with Gasteiger partial charge in [0.15, 0.2) is 11.4 Å². The third-order valence-corrected chi connectivity index (χ3v) is 6.93. The SMILES string of the molecule is CC(=O)Nc1cc(Oc2cnc3nc(Nc4ccc([C@H]5CCCN5C)c(C(F)(F)F)c4)n(C)c3c2Cl)ccn1. The van der Waals surface area contributed by atoms with Gasteiger partial charge < -0.3 is 19.9 Å². The summed E-state index contributed by atoms with van der Waals surface area (Å²) >= 11 is 6.64. The van der Waals surface area contributed by atoms with Crippen molar-refractivity contribution in [1.29, 1.82) is 0 Å². The van der Waals surface area contributed by atoms with Gasteiger partial charge in [0.05, 0.1) is 11.8 Å². The van der Waals surface area contributed by atoms with Gasteiger partial charge in [-0.15, -0.1) is 0 Å². The highest BCUT2D eigenvalue weighted by Crippen LogP contribution is 2.42. The Morgan fingerprint density at radius 3 is 2.67 bits per heavy atom. The summed E-state index contributed by atoms with van der Waals surface area (Å²) in [4.78, 5) is 26.0. The quantitative estimate of drug-likeness (QED) is 0.286. The van der Waals surface area contributed by atoms with Gasteiger partial charge in [0.1, 0.15) is 22.1 Å². The summed E-state index contributed by atoms with van der Waals surface area (Å²) in [6.07, 6.45) is -0.103. The lowest BCUT2D eigenvalue weighted by Crippen LogP contribution is -2.21. The normalized spacial score (nSPS) is 16.0. The standard InChI is InChI=1S/C26H25ClF3N7O2/c1-14(38)33-21-12-16(8-9-31-21)39-20-13-32-24-23(22(20)27)37(3)25(35-24)34-15-6-7-17(18(11-15)26(28,29)30)19-5-4-10-36(19)2/h6-9,11-13,19H,4-5,10H2,1-3H3,(H,31,33,38)(H,32,34,35)/t19-/m1/s1. The van der Waals surface area contributed by atoms with E-state index in [4.69, 9.17) is 16.3 Å². The molecule has 0 aliphatic carbocycles. The number of halogens is 4. The zero-order valence-corrected chi connectivity index (χ0v) is 22.1. The number of pyridine rings is 2. The molecule has 0 saturated carbocycles. The van der Waals surface area contributed by atoms with Crippen molar-refractivity contribution in [2.24, 2.45) is 7.05 Å². The molecule has 1 atom stereocenters. The van der Waals surface area contributed by atoms with Crippen molar-refractivity contribution in [3.63, 3.8) is 0 Å². The van der Waals surface area contributed by atoms with Crippen molar-refractivity contribution in [2.45, 2.75) is 32.0 Å². The van der Waals surface area contributed by atoms with E-state index in [1.165, 1.54) is 31.5 Å². The number of aryl methyl sites for hydroxylation is 1. The van der Waals surface area contributed by atoms with E-state index in [0.29, 0.717) is 23.5 Å². The van der Waals surface area contributed by atoms with Crippen LogP contribution in [0, 0.1) is 0 Å². The fourth-order valence-corrected chi connectivity index (χ4v) is 5.05. The molecule has 39 heavy (non-hydrogen) atoms. The van der Waals surface area contributed by atoms with Crippen molar-refractivity contribution < 1.29 is 22.7 Å². The molecular weight excluding hydrogens is 535 g/mol. The number of nitrogens with one attached hydrogen (secondary N) is 2. The van der Waals surface area contributed by atoms with Crippen LogP contribution in [-0.4, -0.2) is 43.9 Å². The lowest BCUT2D eigenvalue weighted by Gasteiger charge is -2.24. The molecule has 0 bridgehead atoms. The molecule has 13 heteroatoms. The molecule has 9 nitrogen and oxygen atoms in total. The molecule has 5 rings (SSSR count). The molecule has 4 aromatic rings. The number of benzene rings is 1. The minimum absolute atomic E-state index is 0.205. The third kappa shape index (κ3) is 5.48. The van der Waals surface area contributed by atoms with Crippen molar-refractivity contribution >= 4 is 46.1 Å². The van der Waals surface area contributed by atoms with Crippen molar-refractivity contribution in [2.75, 3.05) is 24.2 Å². The van der Waals surface area contributed by atoms with Crippen LogP contribution >= 0.6 is 11.6 Å². The average molecular weight is 560 g/mol. The third-order valence-electron chi connectivity index (χ3n) is 6.56. The number of likely N-dealkylation sites (tertiary alicyclic amines) is 1. The van der Waals surface area contributed by atoms with Crippen LogP contribution in [0.4, 0.5) is 30.6 Å². The second-order valence-electron chi connectivity index (χ2n) is 9.33. The van der Waals surface area contributed by atoms with Crippen LogP contribution in [0.2, 0.25) is 5.02 Å². The fraction of sp³-hybridized carbons (Fsp3) is 0.308. The average Bonchev–Trinajstić information content (AvgIpc) is 3.43. The van der Waals surface area contributed by atoms with Crippen LogP contribution < -0.4 is 15.4 Å². The van der Waals surface area contributed by atoms with Crippen LogP contribution in [0.5, 0.6) is 11.5 Å². The van der Waals surface area contributed by atoms with Crippen molar-refractivity contribution in [3.8, 4) is 11.5 Å². The Kier molecular flexibility index (Phi) is 7.08. The molecular formula is C26H25ClF3N7O2. The maximum Gasteiger partial charge on any atom is 0.416 e. The number of hydrogen-bond donors (Lipinski definition) is 2. The lowest BCUT2D eigenvalue weighted by atomic mass is 9.97. The first kappa shape index (κ1) is 26.7. The Morgan fingerprint density at radius 1 is 1.18 bits per heavy atom. The van der Waals surface area contributed by atoms with Crippen LogP contribution in [0.3, 0.4) is 0 Å². The topological polar surface area (TPSA) is 97.2 Å². The van der Waals surface area contributed by atoms with Gasteiger partial charge in [-0.05, 0) is 50.2 Å². The highest BCUT2D eigenvalue weighted by atomic mass is 35.5. The van der Waals surface area contributed by atoms with Gasteiger partial charge in [0.25, 0.3) is 0 Å². The van der Waals surface area contributed by atoms with Crippen LogP contribution in [0.15, 0.2) is 42.7 Å². The Labute approximate surface area is 227 Å². The maximum absolute atomic E-state index is 14.0. The van der Waals surface area contributed by atoms with Gasteiger partial charge in [-0.3, -0.25) is 9.69 Å². The Morgan fingerprint density at radius 2 is 1.97 bits per heavy atom. The summed E-state index contributed by atoms with van der Waals surface area (Å²) in [7, 11) is 3.51. The molecule has 1 fully saturated rings. The molecule has 204 valence electrons. The first-order valence-electron chi connectivity index (χ1n) is 12.1. The molecule has 0 radical (unpaired) electrons. The van der Waals surface area contributed by atoms with Gasteiger partial charge in [-0.25, -0.2) is 9.97 Å². The predicted molar refractivity (Wildman–Crippen MR) is 141 cm³/mol. The summed E-state index contributed by atoms with van der Waals surface area (Å²) in [5.41, 5.74) is 0.537. The number of imidazole rings is 1. The van der Waals surface area contributed by atoms with Gasteiger partial charge >= 0.3 is 6.18 Å². The lowest BCUT2D eigenvalue weighted by molar-refractivity contribution is -0.138. The molecule has 4 heterocycles. The molecule has 1 amide bonds. The van der Waals surface area contributed by atoms with Gasteiger partial charge in [-0.1, -0.05) is 17.7 Å². The number of fused-ring (bicyclic) bond motifs is 1. The summed E-state index contributed by atoms with van der Waals surface area (Å²) in [6.45, 7) is 2.13. The van der Waals surface area contributed by atoms with Crippen LogP contribution in [0.25, 0.3) is 11.2 Å². The van der Waals surface area contributed by atoms with Crippen LogP contribution in [0.1, 0.15) is 36.9 Å². The van der Waals surface area contributed by atoms with E-state index in [1.54, 1.807) is 23.7 Å². The first-order chi connectivity index (χ1) is 18.5. The molecule has 0 unspecified atom stereocenters. The zero-order chi connectivity index (χ0) is 27.9. The smallest absolute Gasteiger partial charge is 0.416 e. The molecule has 1 saturated heterocycles. The zero-order valence-electron chi connectivity index (χ0n) is 21.3. The van der Waals surface area contributed by atoms with Gasteiger partial charge in [0.2, 0.25) is 11.9 Å². The Hall–Kier alpha value is -3.90. The molecule has 3 aromatic heterocycles. The Bertz CT molecular complexity index is 1560. The number of aromatic nitrogens is 4. The number of amides is 1. The van der Waals surface area contributed by atoms with Crippen molar-refractivity contribution in [1.82, 2.24) is 24.4 Å². The first-order valence-corrected chi connectivity index (χ1v) is 12.5. The van der Waals surface area contributed by atoms with E-state index in [-0.39, 0.29) is 45.6 Å². The number of ether oxygens (including phenoxy) is 1. The molecule has 1 aliphatic heterocycles. The summed E-state index contributed by atoms with van der Waals surface area (Å²) in [5, 5.41) is 5.75. The van der Waals surface area contributed by atoms with E-state index in [2.05, 4.69) is 25.6 Å². The number of anilines is 3. The minimum Gasteiger partial charge on any atom is -0.454 e. The number of alkyl halides is 3. The molecule has 2 N–H and O–H groups in total. The molecule has 1 aliphatic rings. The largest absolute Gasteiger partial charge is 0.454 e. The van der Waals surface area contributed by atoms with E-state index < -0.39 is 11.7 Å². The number of carbonyl (C=O) groups excluding carboxylic acids is 1. The Balaban J connectivity index is 1.45. The second kappa shape index (κ2) is 10.3. The highest BCUT2D eigenvalue weighted by molar-refractivity contribution is 6.36. The number of carbonyl (C=O) groups is 1. The van der Waals surface area contributed by atoms with Crippen molar-refractivity contribution in [3.05, 3.63) is 58.9 Å². The van der Waals surface area contributed by atoms with Gasteiger partial charge in [0, 0.05) is 38.0 Å². The number of hydrogen-bond acceptors (Lipinski definition) is 7. The molecule has 1 aromatic carbocycles. The minimum atomic E-state index is -4.51. The summed E-state index contributed by atoms with van der Waals surface area (Å²) in [5.74, 6) is 0.875. The number of nitrogens with zero attached hydrogens (tertiary/aromatic N) is 5. The summed E-state index contributed by atoms with van der Waals surface area (Å²) < 4.78 is 49.5. The van der Waals surface area contributed by atoms with E-state index in [1.807, 2.05) is 11.9 Å². The monoisotopic (exact) mass is 559 g/mol. The van der Waals surface area contributed by atoms with Crippen LogP contribution in [-0.2, 0) is 18.0 Å². The summed E-state index contributed by atoms with van der Waals surface area (Å²) in [6, 6.07) is 7.11. The van der Waals surface area contributed by atoms with Gasteiger partial charge in [-0.2, -0.15) is 18.2 Å². The highest BCUT2D eigenvalue weighted by Gasteiger charge is 2.37. The fourth-order valence-electron chi connectivity index (χ4n) is 4.75. The maximum atomic E-state index is 14.0.